The predicted octanol–water partition coefficient (Wildman–Crippen LogP) is 5.67. The Kier molecular flexibility index (Phi) is 9.86. The second kappa shape index (κ2) is 13.3. The van der Waals surface area contributed by atoms with Crippen molar-refractivity contribution in [2.45, 2.75) is 83.3 Å². The van der Waals surface area contributed by atoms with Crippen molar-refractivity contribution in [1.29, 1.82) is 0 Å². The van der Waals surface area contributed by atoms with Crippen LogP contribution in [0.2, 0.25) is 0 Å². The van der Waals surface area contributed by atoms with Crippen LogP contribution in [0.15, 0.2) is 77.7 Å². The Balaban J connectivity index is 1.69. The molecule has 1 unspecified atom stereocenters. The average Bonchev–Trinajstić information content (AvgIpc) is 2.97. The molecule has 7 nitrogen and oxygen atoms in total. The van der Waals surface area contributed by atoms with E-state index in [9.17, 15) is 18.0 Å². The highest BCUT2D eigenvalue weighted by Gasteiger charge is 2.33. The third kappa shape index (κ3) is 7.36. The molecule has 41 heavy (non-hydrogen) atoms. The molecule has 0 heterocycles. The Hall–Kier alpha value is -3.65. The smallest absolute Gasteiger partial charge is 0.264 e. The zero-order valence-corrected chi connectivity index (χ0v) is 25.3. The van der Waals surface area contributed by atoms with Crippen LogP contribution in [0.1, 0.15) is 61.3 Å². The molecule has 0 bridgehead atoms. The summed E-state index contributed by atoms with van der Waals surface area (Å²) >= 11 is 0. The molecule has 218 valence electrons. The van der Waals surface area contributed by atoms with E-state index in [-0.39, 0.29) is 23.4 Å². The quantitative estimate of drug-likeness (QED) is 0.337. The van der Waals surface area contributed by atoms with Crippen molar-refractivity contribution < 1.29 is 18.0 Å². The third-order valence-corrected chi connectivity index (χ3v) is 9.90. The Morgan fingerprint density at radius 1 is 0.854 bits per heavy atom. The second-order valence-electron chi connectivity index (χ2n) is 11.1. The number of carbonyl (C=O) groups excluding carboxylic acids is 2. The number of anilines is 1. The Morgan fingerprint density at radius 2 is 1.51 bits per heavy atom. The van der Waals surface area contributed by atoms with Crippen LogP contribution in [0.25, 0.3) is 0 Å². The van der Waals surface area contributed by atoms with Crippen LogP contribution >= 0.6 is 0 Å². The van der Waals surface area contributed by atoms with Gasteiger partial charge in [0, 0.05) is 12.6 Å². The summed E-state index contributed by atoms with van der Waals surface area (Å²) in [5, 5.41) is 3.14. The molecule has 3 aromatic carbocycles. The molecular formula is C33H41N3O4S. The number of hydrogen-bond donors (Lipinski definition) is 1. The highest BCUT2D eigenvalue weighted by Crippen LogP contribution is 2.27. The van der Waals surface area contributed by atoms with E-state index < -0.39 is 28.5 Å². The fourth-order valence-electron chi connectivity index (χ4n) is 5.25. The molecule has 3 aromatic rings. The van der Waals surface area contributed by atoms with Crippen molar-refractivity contribution in [3.05, 3.63) is 95.1 Å². The summed E-state index contributed by atoms with van der Waals surface area (Å²) in [5.41, 5.74) is 4.24. The minimum atomic E-state index is -4.08. The van der Waals surface area contributed by atoms with Crippen LogP contribution in [0.5, 0.6) is 0 Å². The molecule has 4 rings (SSSR count). The predicted molar refractivity (Wildman–Crippen MR) is 163 cm³/mol. The highest BCUT2D eigenvalue weighted by atomic mass is 32.2. The average molecular weight is 576 g/mol. The van der Waals surface area contributed by atoms with E-state index in [1.54, 1.807) is 37.3 Å². The van der Waals surface area contributed by atoms with Crippen LogP contribution < -0.4 is 9.62 Å². The summed E-state index contributed by atoms with van der Waals surface area (Å²) in [5.74, 6) is -0.667. The summed E-state index contributed by atoms with van der Waals surface area (Å²) in [6.07, 6.45) is 5.19. The Labute approximate surface area is 244 Å². The van der Waals surface area contributed by atoms with E-state index >= 15 is 0 Å². The van der Waals surface area contributed by atoms with Crippen molar-refractivity contribution in [3.63, 3.8) is 0 Å². The van der Waals surface area contributed by atoms with Crippen molar-refractivity contribution in [2.75, 3.05) is 10.8 Å². The summed E-state index contributed by atoms with van der Waals surface area (Å²) in [4.78, 5) is 29.2. The minimum absolute atomic E-state index is 0.0968. The van der Waals surface area contributed by atoms with E-state index in [0.29, 0.717) is 5.69 Å². The van der Waals surface area contributed by atoms with Gasteiger partial charge >= 0.3 is 0 Å². The van der Waals surface area contributed by atoms with Crippen LogP contribution in [-0.2, 0) is 26.2 Å². The molecule has 0 spiro atoms. The summed E-state index contributed by atoms with van der Waals surface area (Å²) < 4.78 is 29.0. The number of nitrogens with one attached hydrogen (secondary N) is 1. The van der Waals surface area contributed by atoms with Gasteiger partial charge in [-0.15, -0.1) is 0 Å². The summed E-state index contributed by atoms with van der Waals surface area (Å²) in [7, 11) is -4.08. The number of benzene rings is 3. The van der Waals surface area contributed by atoms with E-state index in [2.05, 4.69) is 5.32 Å². The molecule has 1 N–H and O–H groups in total. The van der Waals surface area contributed by atoms with Gasteiger partial charge in [-0.1, -0.05) is 67.8 Å². The molecule has 1 aliphatic rings. The fraction of sp³-hybridized carbons (Fsp3) is 0.394. The Morgan fingerprint density at radius 3 is 2.17 bits per heavy atom. The lowest BCUT2D eigenvalue weighted by molar-refractivity contribution is -0.139. The zero-order valence-electron chi connectivity index (χ0n) is 24.5. The first-order valence-corrected chi connectivity index (χ1v) is 15.8. The lowest BCUT2D eigenvalue weighted by Gasteiger charge is -2.33. The standard InChI is InChI=1S/C33H41N3O4S/c1-24-19-20-30(21-26(24)3)36(41(39,40)31-17-9-6-10-18-31)23-32(37)35(22-28-14-12-11-13-25(28)2)27(4)33(38)34-29-15-7-5-8-16-29/h6,9-14,17-21,27,29H,5,7-8,15-16,22-23H2,1-4H3,(H,34,38). The second-order valence-corrected chi connectivity index (χ2v) is 12.9. The molecule has 8 heteroatoms. The first-order chi connectivity index (χ1) is 19.6. The number of carbonyl (C=O) groups is 2. The largest absolute Gasteiger partial charge is 0.352 e. The number of hydrogen-bond acceptors (Lipinski definition) is 4. The molecule has 1 atom stereocenters. The minimum Gasteiger partial charge on any atom is -0.352 e. The molecule has 0 aliphatic heterocycles. The summed E-state index contributed by atoms with van der Waals surface area (Å²) in [6.45, 7) is 7.31. The number of sulfonamides is 1. The van der Waals surface area contributed by atoms with Gasteiger partial charge in [0.1, 0.15) is 12.6 Å². The first-order valence-electron chi connectivity index (χ1n) is 14.4. The molecular weight excluding hydrogens is 534 g/mol. The van der Waals surface area contributed by atoms with Gasteiger partial charge in [0.2, 0.25) is 11.8 Å². The van der Waals surface area contributed by atoms with Gasteiger partial charge in [-0.3, -0.25) is 13.9 Å². The van der Waals surface area contributed by atoms with E-state index in [4.69, 9.17) is 0 Å². The van der Waals surface area contributed by atoms with E-state index in [1.165, 1.54) is 23.5 Å². The molecule has 1 fully saturated rings. The molecule has 2 amide bonds. The van der Waals surface area contributed by atoms with Gasteiger partial charge in [0.25, 0.3) is 10.0 Å². The molecule has 0 aromatic heterocycles. The van der Waals surface area contributed by atoms with E-state index in [0.717, 1.165) is 52.2 Å². The molecule has 1 aliphatic carbocycles. The lowest BCUT2D eigenvalue weighted by Crippen LogP contribution is -2.53. The van der Waals surface area contributed by atoms with Gasteiger partial charge < -0.3 is 10.2 Å². The molecule has 1 saturated carbocycles. The van der Waals surface area contributed by atoms with Crippen molar-refractivity contribution in [1.82, 2.24) is 10.2 Å². The topological polar surface area (TPSA) is 86.8 Å². The van der Waals surface area contributed by atoms with E-state index in [1.807, 2.05) is 51.1 Å². The van der Waals surface area contributed by atoms with Gasteiger partial charge in [0.05, 0.1) is 10.6 Å². The lowest BCUT2D eigenvalue weighted by atomic mass is 9.95. The van der Waals surface area contributed by atoms with Gasteiger partial charge in [-0.05, 0) is 87.1 Å². The fourth-order valence-corrected chi connectivity index (χ4v) is 6.68. The number of amides is 2. The van der Waals surface area contributed by atoms with Gasteiger partial charge in [-0.2, -0.15) is 0 Å². The number of nitrogens with zero attached hydrogens (tertiary/aromatic N) is 2. The van der Waals surface area contributed by atoms with Crippen LogP contribution in [-0.4, -0.2) is 43.8 Å². The Bertz CT molecular complexity index is 1470. The SMILES string of the molecule is Cc1ccc(N(CC(=O)N(Cc2ccccc2C)C(C)C(=O)NC2CCCCC2)S(=O)(=O)c2ccccc2)cc1C. The monoisotopic (exact) mass is 575 g/mol. The highest BCUT2D eigenvalue weighted by molar-refractivity contribution is 7.92. The van der Waals surface area contributed by atoms with Crippen molar-refractivity contribution in [3.8, 4) is 0 Å². The molecule has 0 saturated heterocycles. The van der Waals surface area contributed by atoms with Crippen molar-refractivity contribution in [2.24, 2.45) is 0 Å². The third-order valence-electron chi connectivity index (χ3n) is 8.11. The van der Waals surface area contributed by atoms with Gasteiger partial charge in [-0.25, -0.2) is 8.42 Å². The maximum atomic E-state index is 14.2. The van der Waals surface area contributed by atoms with Gasteiger partial charge in [0.15, 0.2) is 0 Å². The van der Waals surface area contributed by atoms with Crippen LogP contribution in [0.3, 0.4) is 0 Å². The van der Waals surface area contributed by atoms with Crippen LogP contribution in [0, 0.1) is 20.8 Å². The normalized spacial score (nSPS) is 14.7. The van der Waals surface area contributed by atoms with Crippen LogP contribution in [0.4, 0.5) is 5.69 Å². The van der Waals surface area contributed by atoms with Crippen molar-refractivity contribution >= 4 is 27.5 Å². The number of aryl methyl sites for hydroxylation is 3. The maximum Gasteiger partial charge on any atom is 0.264 e. The first kappa shape index (κ1) is 30.3. The summed E-state index contributed by atoms with van der Waals surface area (Å²) in [6, 6.07) is 20.5. The maximum absolute atomic E-state index is 14.2. The number of rotatable bonds is 10. The zero-order chi connectivity index (χ0) is 29.6. The molecule has 0 radical (unpaired) electrons.